The summed E-state index contributed by atoms with van der Waals surface area (Å²) in [7, 11) is 0. The maximum atomic E-state index is 11.1. The Kier molecular flexibility index (Phi) is 2.84. The van der Waals surface area contributed by atoms with Crippen LogP contribution in [-0.2, 0) is 0 Å². The third kappa shape index (κ3) is 2.09. The van der Waals surface area contributed by atoms with E-state index in [9.17, 15) is 4.79 Å². The molecule has 0 aliphatic rings. The summed E-state index contributed by atoms with van der Waals surface area (Å²) in [4.78, 5) is 11.1. The minimum absolute atomic E-state index is 0.284. The Morgan fingerprint density at radius 1 is 1.33 bits per heavy atom. The largest absolute Gasteiger partial charge is 0.362 e. The van der Waals surface area contributed by atoms with Gasteiger partial charge in [0.15, 0.2) is 5.78 Å². The number of benzene rings is 1. The van der Waals surface area contributed by atoms with Crippen LogP contribution >= 0.6 is 0 Å². The lowest BCUT2D eigenvalue weighted by atomic mass is 10.1. The molecule has 0 atom stereocenters. The standard InChI is InChI=1S/C8H6N3O/c9-11-10-6-8(12)7-4-2-1-3-5-7/h1-6H/q-1. The van der Waals surface area contributed by atoms with Crippen LogP contribution in [0.2, 0.25) is 0 Å². The quantitative estimate of drug-likeness (QED) is 0.288. The fourth-order valence-corrected chi connectivity index (χ4v) is 0.755. The molecule has 0 spiro atoms. The molecule has 1 aromatic carbocycles. The molecule has 0 saturated carbocycles. The average molecular weight is 160 g/mol. The highest BCUT2D eigenvalue weighted by Crippen LogP contribution is 1.97. The molecule has 1 rings (SSSR count). The molecule has 0 aliphatic carbocycles. The highest BCUT2D eigenvalue weighted by atomic mass is 16.1. The van der Waals surface area contributed by atoms with Crippen LogP contribution < -0.4 is 0 Å². The maximum absolute atomic E-state index is 11.1. The molecule has 12 heavy (non-hydrogen) atoms. The molecule has 0 saturated heterocycles. The SMILES string of the molecule is [N-]=NN=CC(=O)c1ccccc1. The molecule has 0 bridgehead atoms. The molecule has 60 valence electrons. The second-order valence-electron chi connectivity index (χ2n) is 2.06. The summed E-state index contributed by atoms with van der Waals surface area (Å²) in [6.45, 7) is 0. The highest BCUT2D eigenvalue weighted by molar-refractivity contribution is 6.35. The van der Waals surface area contributed by atoms with Crippen molar-refractivity contribution in [2.45, 2.75) is 0 Å². The van der Waals surface area contributed by atoms with Gasteiger partial charge in [-0.15, -0.1) is 0 Å². The Hall–Kier alpha value is -1.84. The predicted molar refractivity (Wildman–Crippen MR) is 45.1 cm³/mol. The number of hydrogen-bond acceptors (Lipinski definition) is 2. The number of Topliss-reactive ketones (excluding diaryl/α,β-unsaturated/α-hetero) is 1. The van der Waals surface area contributed by atoms with E-state index in [1.165, 1.54) is 0 Å². The van der Waals surface area contributed by atoms with Crippen LogP contribution in [0.1, 0.15) is 10.4 Å². The Labute approximate surface area is 69.4 Å². The van der Waals surface area contributed by atoms with Gasteiger partial charge < -0.3 is 10.6 Å². The van der Waals surface area contributed by atoms with Gasteiger partial charge in [-0.05, 0) is 6.21 Å². The van der Waals surface area contributed by atoms with E-state index in [2.05, 4.69) is 10.3 Å². The van der Waals surface area contributed by atoms with E-state index >= 15 is 0 Å². The van der Waals surface area contributed by atoms with Gasteiger partial charge in [-0.25, -0.2) is 0 Å². The van der Waals surface area contributed by atoms with E-state index in [4.69, 9.17) is 5.53 Å². The molecular weight excluding hydrogens is 154 g/mol. The van der Waals surface area contributed by atoms with Crippen molar-refractivity contribution in [3.05, 3.63) is 41.4 Å². The van der Waals surface area contributed by atoms with Crippen LogP contribution in [0.5, 0.6) is 0 Å². The van der Waals surface area contributed by atoms with Gasteiger partial charge in [0.2, 0.25) is 0 Å². The first-order valence-electron chi connectivity index (χ1n) is 3.31. The molecule has 4 heteroatoms. The van der Waals surface area contributed by atoms with Crippen LogP contribution in [-0.4, -0.2) is 12.0 Å². The van der Waals surface area contributed by atoms with Crippen molar-refractivity contribution >= 4 is 12.0 Å². The van der Waals surface area contributed by atoms with Crippen molar-refractivity contribution < 1.29 is 4.79 Å². The number of carbonyl (C=O) groups excluding carboxylic acids is 1. The first-order valence-corrected chi connectivity index (χ1v) is 3.31. The molecule has 4 nitrogen and oxygen atoms in total. The molecule has 0 fully saturated rings. The number of carbonyl (C=O) groups is 1. The van der Waals surface area contributed by atoms with E-state index in [1.807, 2.05) is 6.07 Å². The summed E-state index contributed by atoms with van der Waals surface area (Å²) in [5.41, 5.74) is 8.46. The van der Waals surface area contributed by atoms with Gasteiger partial charge >= 0.3 is 0 Å². The molecular formula is C8H6N3O-. The molecule has 1 aromatic rings. The monoisotopic (exact) mass is 160 g/mol. The summed E-state index contributed by atoms with van der Waals surface area (Å²) < 4.78 is 0. The van der Waals surface area contributed by atoms with Crippen LogP contribution in [0.4, 0.5) is 0 Å². The van der Waals surface area contributed by atoms with E-state index in [1.54, 1.807) is 24.3 Å². The summed E-state index contributed by atoms with van der Waals surface area (Å²) in [6, 6.07) is 8.62. The van der Waals surface area contributed by atoms with Crippen molar-refractivity contribution in [2.24, 2.45) is 10.3 Å². The molecule has 0 amide bonds. The number of ketones is 1. The topological polar surface area (TPSA) is 64.1 Å². The fraction of sp³-hybridized carbons (Fsp3) is 0. The zero-order chi connectivity index (χ0) is 8.81. The van der Waals surface area contributed by atoms with E-state index in [0.29, 0.717) is 5.56 Å². The van der Waals surface area contributed by atoms with E-state index in [-0.39, 0.29) is 5.78 Å². The Bertz CT molecular complexity index is 305. The average Bonchev–Trinajstić information content (AvgIpc) is 2.15. The van der Waals surface area contributed by atoms with E-state index in [0.717, 1.165) is 6.21 Å². The van der Waals surface area contributed by atoms with Crippen molar-refractivity contribution in [2.75, 3.05) is 0 Å². The normalized spacial score (nSPS) is 10.0. The third-order valence-corrected chi connectivity index (χ3v) is 1.28. The Balaban J connectivity index is 2.79. The van der Waals surface area contributed by atoms with Crippen molar-refractivity contribution in [1.29, 1.82) is 0 Å². The molecule has 0 aliphatic heterocycles. The highest BCUT2D eigenvalue weighted by Gasteiger charge is 1.96. The van der Waals surface area contributed by atoms with Crippen molar-refractivity contribution in [1.82, 2.24) is 0 Å². The van der Waals surface area contributed by atoms with Gasteiger partial charge in [-0.1, -0.05) is 30.3 Å². The summed E-state index contributed by atoms with van der Waals surface area (Å²) >= 11 is 0. The molecule has 0 unspecified atom stereocenters. The number of hydrogen-bond donors (Lipinski definition) is 0. The number of rotatable bonds is 3. The van der Waals surface area contributed by atoms with E-state index < -0.39 is 0 Å². The summed E-state index contributed by atoms with van der Waals surface area (Å²) in [6.07, 6.45) is 0.954. The van der Waals surface area contributed by atoms with Gasteiger partial charge in [-0.3, -0.25) is 10.0 Å². The second-order valence-corrected chi connectivity index (χ2v) is 2.06. The van der Waals surface area contributed by atoms with Crippen LogP contribution in [0.25, 0.3) is 5.53 Å². The minimum Gasteiger partial charge on any atom is -0.362 e. The van der Waals surface area contributed by atoms with Crippen LogP contribution in [0, 0.1) is 0 Å². The third-order valence-electron chi connectivity index (χ3n) is 1.28. The van der Waals surface area contributed by atoms with Crippen LogP contribution in [0.15, 0.2) is 40.7 Å². The maximum Gasteiger partial charge on any atom is 0.183 e. The Morgan fingerprint density at radius 3 is 2.58 bits per heavy atom. The zero-order valence-electron chi connectivity index (χ0n) is 6.21. The lowest BCUT2D eigenvalue weighted by molar-refractivity contribution is 0.107. The number of nitrogens with zero attached hydrogens (tertiary/aromatic N) is 3. The van der Waals surface area contributed by atoms with Crippen molar-refractivity contribution in [3.8, 4) is 0 Å². The molecule has 0 N–H and O–H groups in total. The zero-order valence-corrected chi connectivity index (χ0v) is 6.21. The van der Waals surface area contributed by atoms with Gasteiger partial charge in [-0.2, -0.15) is 0 Å². The van der Waals surface area contributed by atoms with Gasteiger partial charge in [0.05, 0.1) is 0 Å². The van der Waals surface area contributed by atoms with Gasteiger partial charge in [0.1, 0.15) is 0 Å². The fourth-order valence-electron chi connectivity index (χ4n) is 0.755. The predicted octanol–water partition coefficient (Wildman–Crippen LogP) is 1.88. The summed E-state index contributed by atoms with van der Waals surface area (Å²) in [5.74, 6) is -0.284. The molecule has 0 aromatic heterocycles. The lowest BCUT2D eigenvalue weighted by Crippen LogP contribution is -1.98. The van der Waals surface area contributed by atoms with Crippen LogP contribution in [0.3, 0.4) is 0 Å². The molecule has 0 heterocycles. The first kappa shape index (κ1) is 8.26. The van der Waals surface area contributed by atoms with Gasteiger partial charge in [0.25, 0.3) is 0 Å². The summed E-state index contributed by atoms with van der Waals surface area (Å²) in [5, 5.41) is 5.50. The minimum atomic E-state index is -0.284. The molecule has 0 radical (unpaired) electrons. The smallest absolute Gasteiger partial charge is 0.183 e. The first-order chi connectivity index (χ1) is 5.84. The van der Waals surface area contributed by atoms with Gasteiger partial charge in [0, 0.05) is 5.56 Å². The second kappa shape index (κ2) is 4.12. The van der Waals surface area contributed by atoms with Crippen molar-refractivity contribution in [3.63, 3.8) is 0 Å². The Morgan fingerprint density at radius 2 is 2.00 bits per heavy atom. The lowest BCUT2D eigenvalue weighted by Gasteiger charge is -1.94.